The van der Waals surface area contributed by atoms with Crippen molar-refractivity contribution in [3.8, 4) is 67.5 Å². The van der Waals surface area contributed by atoms with Crippen molar-refractivity contribution in [3.05, 3.63) is 158 Å². The van der Waals surface area contributed by atoms with Gasteiger partial charge in [-0.15, -0.1) is 0 Å². The second-order valence-electron chi connectivity index (χ2n) is 9.99. The third-order valence-corrected chi connectivity index (χ3v) is 7.20. The fraction of sp³-hybridized carbons (Fsp3) is 0. The Balaban J connectivity index is 1.31. The van der Waals surface area contributed by atoms with Crippen LogP contribution in [0.4, 0.5) is 0 Å². The summed E-state index contributed by atoms with van der Waals surface area (Å²) in [6, 6.07) is 49.6. The van der Waals surface area contributed by atoms with Crippen LogP contribution in [0.25, 0.3) is 67.5 Å². The lowest BCUT2D eigenvalue weighted by molar-refractivity contribution is 1.25. The first-order chi connectivity index (χ1) is 20.8. The molecule has 4 heteroatoms. The smallest absolute Gasteiger partial charge is 0.0899 e. The van der Waals surface area contributed by atoms with Gasteiger partial charge in [-0.3, -0.25) is 9.97 Å². The Labute approximate surface area is 245 Å². The van der Waals surface area contributed by atoms with Gasteiger partial charge in [0.25, 0.3) is 0 Å². The van der Waals surface area contributed by atoms with Crippen molar-refractivity contribution in [2.45, 2.75) is 0 Å². The van der Waals surface area contributed by atoms with Gasteiger partial charge in [0.05, 0.1) is 34.2 Å². The number of aromatic nitrogens is 4. The van der Waals surface area contributed by atoms with Gasteiger partial charge in [-0.25, -0.2) is 9.97 Å². The van der Waals surface area contributed by atoms with Crippen LogP contribution >= 0.6 is 0 Å². The molecular weight excluding hydrogens is 512 g/mol. The summed E-state index contributed by atoms with van der Waals surface area (Å²) in [5.74, 6) is 0. The third-order valence-electron chi connectivity index (χ3n) is 7.20. The van der Waals surface area contributed by atoms with Crippen LogP contribution in [-0.2, 0) is 0 Å². The Bertz CT molecular complexity index is 1680. The third kappa shape index (κ3) is 5.34. The molecule has 0 saturated carbocycles. The van der Waals surface area contributed by atoms with Gasteiger partial charge in [0, 0.05) is 23.5 Å². The molecule has 7 aromatic rings. The zero-order chi connectivity index (χ0) is 28.1. The van der Waals surface area contributed by atoms with Crippen LogP contribution in [0.15, 0.2) is 158 Å². The van der Waals surface area contributed by atoms with Gasteiger partial charge in [-0.05, 0) is 70.8 Å². The van der Waals surface area contributed by atoms with E-state index in [1.807, 2.05) is 72.8 Å². The molecule has 4 heterocycles. The van der Waals surface area contributed by atoms with E-state index in [0.717, 1.165) is 67.5 Å². The molecule has 0 amide bonds. The maximum Gasteiger partial charge on any atom is 0.0899 e. The average Bonchev–Trinajstić information content (AvgIpc) is 3.09. The minimum atomic E-state index is 0.845. The monoisotopic (exact) mass is 538 g/mol. The minimum Gasteiger partial charge on any atom is -0.255 e. The summed E-state index contributed by atoms with van der Waals surface area (Å²) >= 11 is 0. The van der Waals surface area contributed by atoms with E-state index >= 15 is 0 Å². The number of benzene rings is 3. The number of nitrogens with zero attached hydrogens (tertiary/aromatic N) is 4. The lowest BCUT2D eigenvalue weighted by atomic mass is 9.97. The minimum absolute atomic E-state index is 0.845. The van der Waals surface area contributed by atoms with Crippen LogP contribution in [0.1, 0.15) is 0 Å². The normalized spacial score (nSPS) is 10.9. The summed E-state index contributed by atoms with van der Waals surface area (Å²) in [6.07, 6.45) is 3.61. The first-order valence-corrected chi connectivity index (χ1v) is 13.9. The van der Waals surface area contributed by atoms with E-state index in [2.05, 4.69) is 82.8 Å². The van der Waals surface area contributed by atoms with Gasteiger partial charge in [0.15, 0.2) is 0 Å². The Morgan fingerprint density at radius 2 is 0.643 bits per heavy atom. The molecule has 4 nitrogen and oxygen atoms in total. The molecule has 0 bridgehead atoms. The standard InChI is InChI=1S/C38H26N4/c1-3-11-29(12-4-1)35-23-31(25-37(41-35)33-15-7-9-21-39-33)27-17-19-28(20-18-27)32-24-36(30-13-5-2-6-14-30)42-38(26-32)34-16-8-10-22-40-34/h1-26H. The van der Waals surface area contributed by atoms with Crippen LogP contribution in [0.5, 0.6) is 0 Å². The summed E-state index contributed by atoms with van der Waals surface area (Å²) < 4.78 is 0. The largest absolute Gasteiger partial charge is 0.255 e. The number of rotatable bonds is 6. The van der Waals surface area contributed by atoms with Crippen LogP contribution in [0.2, 0.25) is 0 Å². The Hall–Kier alpha value is -5.74. The highest BCUT2D eigenvalue weighted by atomic mass is 14.8. The first kappa shape index (κ1) is 25.2. The average molecular weight is 539 g/mol. The van der Waals surface area contributed by atoms with Gasteiger partial charge in [-0.1, -0.05) is 97.1 Å². The molecule has 4 aromatic heterocycles. The predicted octanol–water partition coefficient (Wildman–Crippen LogP) is 9.27. The molecule has 3 aromatic carbocycles. The van der Waals surface area contributed by atoms with Crippen molar-refractivity contribution in [3.63, 3.8) is 0 Å². The van der Waals surface area contributed by atoms with E-state index in [4.69, 9.17) is 9.97 Å². The molecule has 0 unspecified atom stereocenters. The molecule has 0 atom stereocenters. The van der Waals surface area contributed by atoms with Crippen molar-refractivity contribution in [1.29, 1.82) is 0 Å². The summed E-state index contributed by atoms with van der Waals surface area (Å²) in [6.45, 7) is 0. The fourth-order valence-electron chi connectivity index (χ4n) is 5.05. The quantitative estimate of drug-likeness (QED) is 0.212. The number of hydrogen-bond acceptors (Lipinski definition) is 4. The topological polar surface area (TPSA) is 51.6 Å². The van der Waals surface area contributed by atoms with Crippen molar-refractivity contribution >= 4 is 0 Å². The molecular formula is C38H26N4. The highest BCUT2D eigenvalue weighted by Crippen LogP contribution is 2.33. The van der Waals surface area contributed by atoms with Gasteiger partial charge < -0.3 is 0 Å². The number of hydrogen-bond donors (Lipinski definition) is 0. The van der Waals surface area contributed by atoms with Gasteiger partial charge >= 0.3 is 0 Å². The molecule has 42 heavy (non-hydrogen) atoms. The molecule has 7 rings (SSSR count). The summed E-state index contributed by atoms with van der Waals surface area (Å²) in [5, 5.41) is 0. The molecule has 0 aliphatic rings. The first-order valence-electron chi connectivity index (χ1n) is 13.9. The van der Waals surface area contributed by atoms with E-state index < -0.39 is 0 Å². The fourth-order valence-corrected chi connectivity index (χ4v) is 5.05. The Morgan fingerprint density at radius 1 is 0.262 bits per heavy atom. The highest BCUT2D eigenvalue weighted by Gasteiger charge is 2.12. The van der Waals surface area contributed by atoms with Crippen molar-refractivity contribution < 1.29 is 0 Å². The maximum atomic E-state index is 4.97. The van der Waals surface area contributed by atoms with Crippen molar-refractivity contribution in [1.82, 2.24) is 19.9 Å². The maximum absolute atomic E-state index is 4.97. The summed E-state index contributed by atoms with van der Waals surface area (Å²) in [7, 11) is 0. The second-order valence-corrected chi connectivity index (χ2v) is 9.99. The molecule has 0 aliphatic carbocycles. The van der Waals surface area contributed by atoms with Crippen LogP contribution < -0.4 is 0 Å². The van der Waals surface area contributed by atoms with E-state index in [-0.39, 0.29) is 0 Å². The van der Waals surface area contributed by atoms with Crippen LogP contribution in [-0.4, -0.2) is 19.9 Å². The van der Waals surface area contributed by atoms with E-state index in [0.29, 0.717) is 0 Å². The molecule has 198 valence electrons. The second kappa shape index (κ2) is 11.4. The molecule has 0 fully saturated rings. The SMILES string of the molecule is c1ccc(-c2cc(-c3ccc(-c4cc(-c5ccccc5)nc(-c5ccccn5)c4)cc3)cc(-c3ccccn3)n2)cc1. The van der Waals surface area contributed by atoms with E-state index in [1.54, 1.807) is 12.4 Å². The molecule has 0 saturated heterocycles. The predicted molar refractivity (Wildman–Crippen MR) is 170 cm³/mol. The zero-order valence-corrected chi connectivity index (χ0v) is 22.8. The van der Waals surface area contributed by atoms with Crippen LogP contribution in [0.3, 0.4) is 0 Å². The molecule has 0 N–H and O–H groups in total. The lowest BCUT2D eigenvalue weighted by Gasteiger charge is -2.12. The molecule has 0 radical (unpaired) electrons. The zero-order valence-electron chi connectivity index (χ0n) is 22.8. The summed E-state index contributed by atoms with van der Waals surface area (Å²) in [4.78, 5) is 19.1. The Kier molecular flexibility index (Phi) is 6.85. The highest BCUT2D eigenvalue weighted by molar-refractivity contribution is 5.79. The Morgan fingerprint density at radius 3 is 1.02 bits per heavy atom. The molecule has 0 aliphatic heterocycles. The van der Waals surface area contributed by atoms with Crippen molar-refractivity contribution in [2.75, 3.05) is 0 Å². The van der Waals surface area contributed by atoms with Crippen molar-refractivity contribution in [2.24, 2.45) is 0 Å². The van der Waals surface area contributed by atoms with Gasteiger partial charge in [0.2, 0.25) is 0 Å². The van der Waals surface area contributed by atoms with Gasteiger partial charge in [-0.2, -0.15) is 0 Å². The van der Waals surface area contributed by atoms with Gasteiger partial charge in [0.1, 0.15) is 0 Å². The number of pyridine rings is 4. The van der Waals surface area contributed by atoms with E-state index in [9.17, 15) is 0 Å². The van der Waals surface area contributed by atoms with Crippen LogP contribution in [0, 0.1) is 0 Å². The molecule has 0 spiro atoms. The lowest BCUT2D eigenvalue weighted by Crippen LogP contribution is -1.93. The summed E-state index contributed by atoms with van der Waals surface area (Å²) in [5.41, 5.74) is 11.8. The van der Waals surface area contributed by atoms with E-state index in [1.165, 1.54) is 0 Å².